The van der Waals surface area contributed by atoms with E-state index >= 15 is 0 Å². The third-order valence-electron chi connectivity index (χ3n) is 3.97. The van der Waals surface area contributed by atoms with Crippen molar-refractivity contribution < 1.29 is 14.4 Å². The van der Waals surface area contributed by atoms with Crippen LogP contribution in [0.1, 0.15) is 18.4 Å². The van der Waals surface area contributed by atoms with Gasteiger partial charge in [-0.15, -0.1) is 0 Å². The molecule has 0 spiro atoms. The number of rotatable bonds is 6. The van der Waals surface area contributed by atoms with Crippen molar-refractivity contribution in [2.24, 2.45) is 11.5 Å². The van der Waals surface area contributed by atoms with Gasteiger partial charge in [-0.3, -0.25) is 14.4 Å². The van der Waals surface area contributed by atoms with Crippen molar-refractivity contribution >= 4 is 17.7 Å². The van der Waals surface area contributed by atoms with Gasteiger partial charge in [-0.05, 0) is 18.4 Å². The van der Waals surface area contributed by atoms with Crippen LogP contribution in [0, 0.1) is 0 Å². The molecule has 124 valence electrons. The van der Waals surface area contributed by atoms with E-state index in [1.54, 1.807) is 0 Å². The molecule has 7 heteroatoms. The largest absolute Gasteiger partial charge is 0.368 e. The van der Waals surface area contributed by atoms with Crippen LogP contribution in [0.4, 0.5) is 0 Å². The molecule has 0 radical (unpaired) electrons. The monoisotopic (exact) mass is 318 g/mol. The minimum absolute atomic E-state index is 0.197. The molecule has 0 aromatic heterocycles. The van der Waals surface area contributed by atoms with Gasteiger partial charge in [0.2, 0.25) is 17.7 Å². The second-order valence-electron chi connectivity index (χ2n) is 5.61. The standard InChI is InChI=1S/C16H22N4O3/c17-10-14(21)19-12(9-11-5-2-1-3-6-11)16(23)20-8-4-7-13(20)15(18)22/h1-3,5-6,12-13H,4,7-10,17H2,(H2,18,22)(H,19,21)/t12-,13+/m0/s1. The predicted octanol–water partition coefficient (Wildman–Crippen LogP) is -0.851. The van der Waals surface area contributed by atoms with Gasteiger partial charge in [0.05, 0.1) is 6.54 Å². The van der Waals surface area contributed by atoms with Crippen LogP contribution in [0.2, 0.25) is 0 Å². The Morgan fingerprint density at radius 2 is 1.96 bits per heavy atom. The third kappa shape index (κ3) is 4.29. The number of carbonyl (C=O) groups is 3. The highest BCUT2D eigenvalue weighted by Gasteiger charge is 2.36. The van der Waals surface area contributed by atoms with Crippen LogP contribution in [0.5, 0.6) is 0 Å². The Balaban J connectivity index is 2.16. The Kier molecular flexibility index (Phi) is 5.70. The van der Waals surface area contributed by atoms with Crippen LogP contribution >= 0.6 is 0 Å². The SMILES string of the molecule is NCC(=O)N[C@@H](Cc1ccccc1)C(=O)N1CCC[C@@H]1C(N)=O. The number of primary amides is 1. The lowest BCUT2D eigenvalue weighted by Gasteiger charge is -2.27. The molecule has 1 heterocycles. The summed E-state index contributed by atoms with van der Waals surface area (Å²) in [5.41, 5.74) is 11.6. The zero-order chi connectivity index (χ0) is 16.8. The molecular formula is C16H22N4O3. The normalized spacial score (nSPS) is 18.5. The van der Waals surface area contributed by atoms with E-state index in [-0.39, 0.29) is 12.5 Å². The summed E-state index contributed by atoms with van der Waals surface area (Å²) >= 11 is 0. The predicted molar refractivity (Wildman–Crippen MR) is 85.1 cm³/mol. The lowest BCUT2D eigenvalue weighted by atomic mass is 10.0. The molecule has 0 saturated carbocycles. The Hall–Kier alpha value is -2.41. The van der Waals surface area contributed by atoms with E-state index < -0.39 is 23.9 Å². The molecular weight excluding hydrogens is 296 g/mol. The summed E-state index contributed by atoms with van der Waals surface area (Å²) in [6.07, 6.45) is 1.62. The van der Waals surface area contributed by atoms with E-state index in [4.69, 9.17) is 11.5 Å². The summed E-state index contributed by atoms with van der Waals surface area (Å²) in [5, 5.41) is 2.64. The Bertz CT molecular complexity index is 576. The first-order valence-electron chi connectivity index (χ1n) is 7.66. The van der Waals surface area contributed by atoms with Crippen molar-refractivity contribution in [1.82, 2.24) is 10.2 Å². The highest BCUT2D eigenvalue weighted by atomic mass is 16.2. The van der Waals surface area contributed by atoms with Gasteiger partial charge in [0.1, 0.15) is 12.1 Å². The van der Waals surface area contributed by atoms with E-state index in [2.05, 4.69) is 5.32 Å². The van der Waals surface area contributed by atoms with Gasteiger partial charge < -0.3 is 21.7 Å². The molecule has 7 nitrogen and oxygen atoms in total. The number of nitrogens with zero attached hydrogens (tertiary/aromatic N) is 1. The van der Waals surface area contributed by atoms with Crippen LogP contribution < -0.4 is 16.8 Å². The zero-order valence-corrected chi connectivity index (χ0v) is 12.9. The molecule has 5 N–H and O–H groups in total. The summed E-state index contributed by atoms with van der Waals surface area (Å²) < 4.78 is 0. The smallest absolute Gasteiger partial charge is 0.246 e. The van der Waals surface area contributed by atoms with Gasteiger partial charge >= 0.3 is 0 Å². The summed E-state index contributed by atoms with van der Waals surface area (Å²) in [5.74, 6) is -1.22. The Morgan fingerprint density at radius 3 is 2.57 bits per heavy atom. The number of carbonyl (C=O) groups excluding carboxylic acids is 3. The van der Waals surface area contributed by atoms with Crippen LogP contribution in [-0.2, 0) is 20.8 Å². The van der Waals surface area contributed by atoms with Crippen molar-refractivity contribution in [3.8, 4) is 0 Å². The number of benzene rings is 1. The second-order valence-corrected chi connectivity index (χ2v) is 5.61. The highest BCUT2D eigenvalue weighted by molar-refractivity contribution is 5.92. The fourth-order valence-electron chi connectivity index (χ4n) is 2.83. The first-order valence-corrected chi connectivity index (χ1v) is 7.66. The topological polar surface area (TPSA) is 119 Å². The highest BCUT2D eigenvalue weighted by Crippen LogP contribution is 2.19. The summed E-state index contributed by atoms with van der Waals surface area (Å²) in [6.45, 7) is 0.272. The lowest BCUT2D eigenvalue weighted by Crippen LogP contribution is -2.54. The number of nitrogens with one attached hydrogen (secondary N) is 1. The van der Waals surface area contributed by atoms with Crippen LogP contribution in [0.3, 0.4) is 0 Å². The number of nitrogens with two attached hydrogens (primary N) is 2. The molecule has 2 atom stereocenters. The number of hydrogen-bond acceptors (Lipinski definition) is 4. The van der Waals surface area contributed by atoms with Gasteiger partial charge in [-0.2, -0.15) is 0 Å². The Labute approximate surface area is 135 Å². The van der Waals surface area contributed by atoms with Gasteiger partial charge in [0, 0.05) is 13.0 Å². The van der Waals surface area contributed by atoms with E-state index in [0.717, 1.165) is 12.0 Å². The second kappa shape index (κ2) is 7.73. The van der Waals surface area contributed by atoms with Crippen molar-refractivity contribution in [3.05, 3.63) is 35.9 Å². The van der Waals surface area contributed by atoms with Gasteiger partial charge in [-0.25, -0.2) is 0 Å². The van der Waals surface area contributed by atoms with Gasteiger partial charge in [0.25, 0.3) is 0 Å². The first kappa shape index (κ1) is 17.0. The molecule has 1 saturated heterocycles. The quantitative estimate of drug-likeness (QED) is 0.633. The minimum atomic E-state index is -0.756. The van der Waals surface area contributed by atoms with E-state index in [0.29, 0.717) is 19.4 Å². The number of hydrogen-bond donors (Lipinski definition) is 3. The minimum Gasteiger partial charge on any atom is -0.368 e. The fourth-order valence-corrected chi connectivity index (χ4v) is 2.83. The summed E-state index contributed by atoms with van der Waals surface area (Å²) in [4.78, 5) is 37.4. The molecule has 0 unspecified atom stereocenters. The molecule has 3 amide bonds. The third-order valence-corrected chi connectivity index (χ3v) is 3.97. The number of amides is 3. The molecule has 23 heavy (non-hydrogen) atoms. The average molecular weight is 318 g/mol. The van der Waals surface area contributed by atoms with Crippen molar-refractivity contribution in [2.45, 2.75) is 31.3 Å². The average Bonchev–Trinajstić information content (AvgIpc) is 3.04. The molecule has 1 aromatic rings. The molecule has 0 aliphatic carbocycles. The summed E-state index contributed by atoms with van der Waals surface area (Å²) in [6, 6.07) is 8.01. The zero-order valence-electron chi connectivity index (χ0n) is 12.9. The molecule has 1 fully saturated rings. The maximum atomic E-state index is 12.8. The first-order chi connectivity index (χ1) is 11.0. The van der Waals surface area contributed by atoms with Crippen molar-refractivity contribution in [1.29, 1.82) is 0 Å². The van der Waals surface area contributed by atoms with Crippen LogP contribution in [-0.4, -0.2) is 47.8 Å². The lowest BCUT2D eigenvalue weighted by molar-refractivity contribution is -0.140. The Morgan fingerprint density at radius 1 is 1.26 bits per heavy atom. The molecule has 1 aliphatic heterocycles. The fraction of sp³-hybridized carbons (Fsp3) is 0.438. The van der Waals surface area contributed by atoms with E-state index in [9.17, 15) is 14.4 Å². The molecule has 0 bridgehead atoms. The van der Waals surface area contributed by atoms with Crippen LogP contribution in [0.25, 0.3) is 0 Å². The molecule has 1 aliphatic rings. The molecule has 2 rings (SSSR count). The number of likely N-dealkylation sites (tertiary alicyclic amines) is 1. The van der Waals surface area contributed by atoms with E-state index in [1.165, 1.54) is 4.90 Å². The van der Waals surface area contributed by atoms with Gasteiger partial charge in [-0.1, -0.05) is 30.3 Å². The maximum Gasteiger partial charge on any atom is 0.246 e. The molecule has 1 aromatic carbocycles. The maximum absolute atomic E-state index is 12.8. The van der Waals surface area contributed by atoms with Crippen molar-refractivity contribution in [2.75, 3.05) is 13.1 Å². The summed E-state index contributed by atoms with van der Waals surface area (Å²) in [7, 11) is 0. The van der Waals surface area contributed by atoms with Crippen LogP contribution in [0.15, 0.2) is 30.3 Å². The van der Waals surface area contributed by atoms with Gasteiger partial charge in [0.15, 0.2) is 0 Å². The van der Waals surface area contributed by atoms with E-state index in [1.807, 2.05) is 30.3 Å². The van der Waals surface area contributed by atoms with Crippen molar-refractivity contribution in [3.63, 3.8) is 0 Å².